The highest BCUT2D eigenvalue weighted by Crippen LogP contribution is 2.33. The molecule has 0 amide bonds. The normalized spacial score (nSPS) is 10.9. The van der Waals surface area contributed by atoms with E-state index in [0.717, 1.165) is 0 Å². The monoisotopic (exact) mass is 364 g/mol. The maximum Gasteiger partial charge on any atom is 0.213 e. The molecule has 1 heteroatoms. The van der Waals surface area contributed by atoms with Gasteiger partial charge in [-0.3, -0.25) is 0 Å². The van der Waals surface area contributed by atoms with Gasteiger partial charge in [0.25, 0.3) is 0 Å². The van der Waals surface area contributed by atoms with Crippen LogP contribution in [-0.2, 0) is 7.05 Å². The van der Waals surface area contributed by atoms with Crippen LogP contribution < -0.4 is 4.57 Å². The van der Waals surface area contributed by atoms with Crippen LogP contribution in [0.2, 0.25) is 0 Å². The highest BCUT2D eigenvalue weighted by Gasteiger charge is 2.18. The van der Waals surface area contributed by atoms with Crippen LogP contribution in [0.3, 0.4) is 0 Å². The second-order valence-corrected chi connectivity index (χ2v) is 7.58. The first kappa shape index (κ1) is 18.2. The highest BCUT2D eigenvalue weighted by molar-refractivity contribution is 5.78. The summed E-state index contributed by atoms with van der Waals surface area (Å²) in [5.74, 6) is 0. The van der Waals surface area contributed by atoms with E-state index in [1.54, 1.807) is 0 Å². The quantitative estimate of drug-likeness (QED) is 0.368. The van der Waals surface area contributed by atoms with Crippen molar-refractivity contribution in [3.05, 3.63) is 102 Å². The van der Waals surface area contributed by atoms with Gasteiger partial charge in [0.2, 0.25) is 5.69 Å². The van der Waals surface area contributed by atoms with Crippen molar-refractivity contribution in [3.63, 3.8) is 0 Å². The van der Waals surface area contributed by atoms with Gasteiger partial charge in [0, 0.05) is 17.2 Å². The molecular formula is C27H26N+. The van der Waals surface area contributed by atoms with E-state index in [2.05, 4.69) is 117 Å². The van der Waals surface area contributed by atoms with Crippen molar-refractivity contribution in [2.24, 2.45) is 7.05 Å². The summed E-state index contributed by atoms with van der Waals surface area (Å²) >= 11 is 0. The van der Waals surface area contributed by atoms with Crippen molar-refractivity contribution in [3.8, 4) is 33.5 Å². The van der Waals surface area contributed by atoms with E-state index >= 15 is 0 Å². The van der Waals surface area contributed by atoms with E-state index in [-0.39, 0.29) is 0 Å². The SMILES string of the molecule is Cc1cc(C)c(-c2cc(-c3ccccc3)c(C)c[n+]2C)cc1-c1ccccc1. The Labute approximate surface area is 167 Å². The van der Waals surface area contributed by atoms with E-state index in [1.165, 1.54) is 50.2 Å². The molecule has 0 saturated heterocycles. The van der Waals surface area contributed by atoms with E-state index in [0.29, 0.717) is 0 Å². The number of aryl methyl sites for hydroxylation is 4. The number of nitrogens with zero attached hydrogens (tertiary/aromatic N) is 1. The summed E-state index contributed by atoms with van der Waals surface area (Å²) in [4.78, 5) is 0. The zero-order chi connectivity index (χ0) is 19.7. The average molecular weight is 365 g/mol. The lowest BCUT2D eigenvalue weighted by Gasteiger charge is -2.13. The van der Waals surface area contributed by atoms with Crippen LogP contribution in [0.25, 0.3) is 33.5 Å². The largest absolute Gasteiger partial charge is 0.213 e. The second kappa shape index (κ2) is 7.44. The Balaban J connectivity index is 1.92. The molecule has 0 aliphatic rings. The summed E-state index contributed by atoms with van der Waals surface area (Å²) in [6.07, 6.45) is 2.24. The van der Waals surface area contributed by atoms with Crippen molar-refractivity contribution in [2.45, 2.75) is 20.8 Å². The van der Waals surface area contributed by atoms with E-state index in [4.69, 9.17) is 0 Å². The van der Waals surface area contributed by atoms with Gasteiger partial charge in [0.15, 0.2) is 6.20 Å². The molecule has 138 valence electrons. The summed E-state index contributed by atoms with van der Waals surface area (Å²) in [7, 11) is 2.14. The van der Waals surface area contributed by atoms with E-state index in [9.17, 15) is 0 Å². The van der Waals surface area contributed by atoms with Gasteiger partial charge in [-0.2, -0.15) is 0 Å². The van der Waals surface area contributed by atoms with Gasteiger partial charge in [-0.05, 0) is 60.2 Å². The van der Waals surface area contributed by atoms with Crippen LogP contribution in [0.1, 0.15) is 16.7 Å². The zero-order valence-electron chi connectivity index (χ0n) is 17.0. The number of hydrogen-bond acceptors (Lipinski definition) is 0. The molecule has 0 saturated carbocycles. The van der Waals surface area contributed by atoms with Crippen LogP contribution in [-0.4, -0.2) is 0 Å². The molecular weight excluding hydrogens is 338 g/mol. The minimum absolute atomic E-state index is 1.24. The fraction of sp³-hybridized carbons (Fsp3) is 0.148. The molecule has 0 N–H and O–H groups in total. The summed E-state index contributed by atoms with van der Waals surface area (Å²) in [5, 5.41) is 0. The first-order valence-corrected chi connectivity index (χ1v) is 9.77. The van der Waals surface area contributed by atoms with Gasteiger partial charge in [-0.15, -0.1) is 0 Å². The number of pyridine rings is 1. The van der Waals surface area contributed by atoms with Crippen LogP contribution in [0.5, 0.6) is 0 Å². The Bertz CT molecular complexity index is 1030. The first-order chi connectivity index (χ1) is 13.5. The minimum Gasteiger partial charge on any atom is -0.201 e. The Morgan fingerprint density at radius 3 is 1.61 bits per heavy atom. The molecule has 0 aliphatic carbocycles. The van der Waals surface area contributed by atoms with Crippen LogP contribution in [0.15, 0.2) is 85.1 Å². The predicted octanol–water partition coefficient (Wildman–Crippen LogP) is 6.44. The molecule has 4 aromatic rings. The Kier molecular flexibility index (Phi) is 4.83. The number of rotatable bonds is 3. The smallest absolute Gasteiger partial charge is 0.201 e. The van der Waals surface area contributed by atoms with Gasteiger partial charge < -0.3 is 0 Å². The van der Waals surface area contributed by atoms with E-state index < -0.39 is 0 Å². The summed E-state index contributed by atoms with van der Waals surface area (Å²) < 4.78 is 2.24. The van der Waals surface area contributed by atoms with Gasteiger partial charge >= 0.3 is 0 Å². The number of benzene rings is 3. The van der Waals surface area contributed by atoms with Crippen molar-refractivity contribution >= 4 is 0 Å². The Morgan fingerprint density at radius 1 is 0.536 bits per heavy atom. The molecule has 3 aromatic carbocycles. The molecule has 28 heavy (non-hydrogen) atoms. The highest BCUT2D eigenvalue weighted by atomic mass is 14.9. The Morgan fingerprint density at radius 2 is 1.04 bits per heavy atom. The molecule has 0 spiro atoms. The lowest BCUT2D eigenvalue weighted by Crippen LogP contribution is -2.31. The fourth-order valence-electron chi connectivity index (χ4n) is 4.04. The first-order valence-electron chi connectivity index (χ1n) is 9.77. The van der Waals surface area contributed by atoms with Crippen LogP contribution >= 0.6 is 0 Å². The summed E-state index contributed by atoms with van der Waals surface area (Å²) in [6, 6.07) is 28.3. The van der Waals surface area contributed by atoms with Gasteiger partial charge in [0.05, 0.1) is 0 Å². The van der Waals surface area contributed by atoms with Crippen molar-refractivity contribution in [2.75, 3.05) is 0 Å². The van der Waals surface area contributed by atoms with Crippen molar-refractivity contribution < 1.29 is 4.57 Å². The van der Waals surface area contributed by atoms with Gasteiger partial charge in [-0.1, -0.05) is 66.7 Å². The second-order valence-electron chi connectivity index (χ2n) is 7.58. The molecule has 1 aromatic heterocycles. The predicted molar refractivity (Wildman–Crippen MR) is 118 cm³/mol. The third-order valence-electron chi connectivity index (χ3n) is 5.49. The molecule has 0 bridgehead atoms. The minimum atomic E-state index is 1.24. The molecule has 0 atom stereocenters. The topological polar surface area (TPSA) is 3.88 Å². The third kappa shape index (κ3) is 3.36. The fourth-order valence-corrected chi connectivity index (χ4v) is 4.04. The molecule has 1 heterocycles. The molecule has 0 unspecified atom stereocenters. The van der Waals surface area contributed by atoms with Gasteiger partial charge in [-0.25, -0.2) is 4.57 Å². The summed E-state index contributed by atoms with van der Waals surface area (Å²) in [6.45, 7) is 6.59. The molecule has 0 aliphatic heterocycles. The van der Waals surface area contributed by atoms with Crippen molar-refractivity contribution in [1.29, 1.82) is 0 Å². The molecule has 4 rings (SSSR count). The molecule has 1 nitrogen and oxygen atoms in total. The average Bonchev–Trinajstić information content (AvgIpc) is 2.70. The maximum absolute atomic E-state index is 2.35. The lowest BCUT2D eigenvalue weighted by atomic mass is 9.92. The Hall–Kier alpha value is -3.19. The standard InChI is InChI=1S/C27H26N/c1-19-15-20(2)26(16-24(19)22-11-7-5-8-12-22)27-17-25(21(3)18-28(27)4)23-13-9-6-10-14-23/h5-18H,1-4H3/q+1. The van der Waals surface area contributed by atoms with Crippen LogP contribution in [0, 0.1) is 20.8 Å². The van der Waals surface area contributed by atoms with Gasteiger partial charge in [0.1, 0.15) is 7.05 Å². The van der Waals surface area contributed by atoms with Crippen molar-refractivity contribution in [1.82, 2.24) is 0 Å². The number of hydrogen-bond donors (Lipinski definition) is 0. The maximum atomic E-state index is 2.35. The van der Waals surface area contributed by atoms with E-state index in [1.807, 2.05) is 0 Å². The lowest BCUT2D eigenvalue weighted by molar-refractivity contribution is -0.660. The van der Waals surface area contributed by atoms with Crippen LogP contribution in [0.4, 0.5) is 0 Å². The summed E-state index contributed by atoms with van der Waals surface area (Å²) in [5.41, 5.74) is 11.5. The third-order valence-corrected chi connectivity index (χ3v) is 5.49. The zero-order valence-corrected chi connectivity index (χ0v) is 17.0. The molecule has 0 radical (unpaired) electrons. The molecule has 0 fully saturated rings. The number of aromatic nitrogens is 1.